The van der Waals surface area contributed by atoms with Crippen LogP contribution in [0.2, 0.25) is 5.02 Å². The van der Waals surface area contributed by atoms with Gasteiger partial charge in [0.15, 0.2) is 5.78 Å². The summed E-state index contributed by atoms with van der Waals surface area (Å²) in [6.45, 7) is 1.96. The van der Waals surface area contributed by atoms with Crippen molar-refractivity contribution in [1.29, 1.82) is 0 Å². The number of hydrogen-bond acceptors (Lipinski definition) is 1. The molecule has 1 aliphatic rings. The van der Waals surface area contributed by atoms with Crippen LogP contribution in [0.4, 0.5) is 4.39 Å². The lowest BCUT2D eigenvalue weighted by atomic mass is 9.92. The Morgan fingerprint density at radius 2 is 2.20 bits per heavy atom. The van der Waals surface area contributed by atoms with Gasteiger partial charge < -0.3 is 0 Å². The lowest BCUT2D eigenvalue weighted by molar-refractivity contribution is 0.0892. The molecule has 0 spiro atoms. The molecule has 0 bridgehead atoms. The Morgan fingerprint density at radius 3 is 2.67 bits per heavy atom. The van der Waals surface area contributed by atoms with Crippen molar-refractivity contribution in [2.45, 2.75) is 26.2 Å². The first-order valence-electron chi connectivity index (χ1n) is 5.09. The maximum Gasteiger partial charge on any atom is 0.173 e. The van der Waals surface area contributed by atoms with Gasteiger partial charge in [0.25, 0.3) is 0 Å². The second-order valence-corrected chi connectivity index (χ2v) is 4.47. The van der Waals surface area contributed by atoms with E-state index in [1.165, 1.54) is 12.1 Å². The Balaban J connectivity index is 2.42. The van der Waals surface area contributed by atoms with Gasteiger partial charge in [-0.3, -0.25) is 4.79 Å². The smallest absolute Gasteiger partial charge is 0.173 e. The first-order valence-corrected chi connectivity index (χ1v) is 5.47. The summed E-state index contributed by atoms with van der Waals surface area (Å²) in [6, 6.07) is 4.36. The zero-order valence-corrected chi connectivity index (χ0v) is 9.27. The summed E-state index contributed by atoms with van der Waals surface area (Å²) in [6.07, 6.45) is 2.47. The van der Waals surface area contributed by atoms with Crippen molar-refractivity contribution in [1.82, 2.24) is 0 Å². The third-order valence-electron chi connectivity index (χ3n) is 3.20. The number of ketones is 1. The van der Waals surface area contributed by atoms with E-state index < -0.39 is 5.82 Å². The maximum absolute atomic E-state index is 13.5. The van der Waals surface area contributed by atoms with Crippen LogP contribution in [0.1, 0.15) is 36.5 Å². The van der Waals surface area contributed by atoms with Crippen LogP contribution in [0, 0.1) is 11.2 Å². The van der Waals surface area contributed by atoms with E-state index in [9.17, 15) is 9.18 Å². The van der Waals surface area contributed by atoms with E-state index >= 15 is 0 Å². The molecule has 0 saturated heterocycles. The summed E-state index contributed by atoms with van der Waals surface area (Å²) in [4.78, 5) is 12.1. The fraction of sp³-hybridized carbons (Fsp3) is 0.417. The van der Waals surface area contributed by atoms with Gasteiger partial charge in [-0.1, -0.05) is 24.6 Å². The molecule has 1 aliphatic carbocycles. The summed E-state index contributed by atoms with van der Waals surface area (Å²) in [7, 11) is 0. The standard InChI is InChI=1S/C12H12ClFO/c1-2-12(6-7-12)11(15)10-8(13)4-3-5-9(10)14/h3-5H,2,6-7H2,1H3. The highest BCUT2D eigenvalue weighted by Crippen LogP contribution is 2.51. The van der Waals surface area contributed by atoms with E-state index in [2.05, 4.69) is 0 Å². The summed E-state index contributed by atoms with van der Waals surface area (Å²) in [5, 5.41) is 0.222. The quantitative estimate of drug-likeness (QED) is 0.716. The van der Waals surface area contributed by atoms with Gasteiger partial charge in [0.05, 0.1) is 10.6 Å². The van der Waals surface area contributed by atoms with Gasteiger partial charge >= 0.3 is 0 Å². The number of benzene rings is 1. The highest BCUT2D eigenvalue weighted by atomic mass is 35.5. The molecular formula is C12H12ClFO. The molecule has 1 saturated carbocycles. The number of hydrogen-bond donors (Lipinski definition) is 0. The fourth-order valence-electron chi connectivity index (χ4n) is 1.87. The van der Waals surface area contributed by atoms with E-state index in [0.29, 0.717) is 0 Å². The SMILES string of the molecule is CCC1(C(=O)c2c(F)cccc2Cl)CC1. The molecule has 80 valence electrons. The van der Waals surface area contributed by atoms with Crippen LogP contribution in [0.15, 0.2) is 18.2 Å². The van der Waals surface area contributed by atoms with Crippen molar-refractivity contribution >= 4 is 17.4 Å². The van der Waals surface area contributed by atoms with Crippen molar-refractivity contribution in [3.63, 3.8) is 0 Å². The van der Waals surface area contributed by atoms with E-state index in [-0.39, 0.29) is 21.8 Å². The minimum absolute atomic E-state index is 0.0681. The van der Waals surface area contributed by atoms with E-state index in [1.54, 1.807) is 6.07 Å². The molecule has 15 heavy (non-hydrogen) atoms. The molecule has 0 amide bonds. The molecule has 0 N–H and O–H groups in total. The summed E-state index contributed by atoms with van der Waals surface area (Å²) < 4.78 is 13.5. The highest BCUT2D eigenvalue weighted by Gasteiger charge is 2.49. The Hall–Kier alpha value is -0.890. The third kappa shape index (κ3) is 1.67. The molecule has 1 aromatic carbocycles. The number of Topliss-reactive ketones (excluding diaryl/α,β-unsaturated/α-hetero) is 1. The Labute approximate surface area is 93.2 Å². The predicted molar refractivity (Wildman–Crippen MR) is 57.7 cm³/mol. The number of rotatable bonds is 3. The molecular weight excluding hydrogens is 215 g/mol. The van der Waals surface area contributed by atoms with Crippen molar-refractivity contribution in [2.24, 2.45) is 5.41 Å². The lowest BCUT2D eigenvalue weighted by Crippen LogP contribution is -2.17. The molecule has 0 radical (unpaired) electrons. The summed E-state index contributed by atoms with van der Waals surface area (Å²) in [5.74, 6) is -0.639. The largest absolute Gasteiger partial charge is 0.293 e. The van der Waals surface area contributed by atoms with Gasteiger partial charge in [0.2, 0.25) is 0 Å². The van der Waals surface area contributed by atoms with Gasteiger partial charge in [0.1, 0.15) is 5.82 Å². The molecule has 3 heteroatoms. The van der Waals surface area contributed by atoms with Crippen LogP contribution in [-0.4, -0.2) is 5.78 Å². The van der Waals surface area contributed by atoms with E-state index in [4.69, 9.17) is 11.6 Å². The molecule has 1 nitrogen and oxygen atoms in total. The van der Waals surface area contributed by atoms with Crippen molar-refractivity contribution in [2.75, 3.05) is 0 Å². The Kier molecular flexibility index (Phi) is 2.55. The predicted octanol–water partition coefficient (Wildman–Crippen LogP) is 3.85. The zero-order valence-electron chi connectivity index (χ0n) is 8.52. The van der Waals surface area contributed by atoms with Crippen LogP contribution in [0.5, 0.6) is 0 Å². The summed E-state index contributed by atoms with van der Waals surface area (Å²) in [5.41, 5.74) is -0.259. The third-order valence-corrected chi connectivity index (χ3v) is 3.52. The van der Waals surface area contributed by atoms with Crippen molar-refractivity contribution < 1.29 is 9.18 Å². The van der Waals surface area contributed by atoms with Crippen molar-refractivity contribution in [3.8, 4) is 0 Å². The molecule has 0 atom stereocenters. The maximum atomic E-state index is 13.5. The normalized spacial score (nSPS) is 17.5. The van der Waals surface area contributed by atoms with Crippen LogP contribution >= 0.6 is 11.6 Å². The zero-order chi connectivity index (χ0) is 11.1. The van der Waals surface area contributed by atoms with Gasteiger partial charge in [0, 0.05) is 5.41 Å². The van der Waals surface area contributed by atoms with Gasteiger partial charge in [-0.15, -0.1) is 0 Å². The minimum atomic E-state index is -0.507. The second kappa shape index (κ2) is 3.60. The van der Waals surface area contributed by atoms with Crippen LogP contribution in [0.25, 0.3) is 0 Å². The average Bonchev–Trinajstić information content (AvgIpc) is 2.97. The monoisotopic (exact) mass is 226 g/mol. The van der Waals surface area contributed by atoms with Gasteiger partial charge in [-0.05, 0) is 31.4 Å². The minimum Gasteiger partial charge on any atom is -0.293 e. The molecule has 0 heterocycles. The van der Waals surface area contributed by atoms with E-state index in [0.717, 1.165) is 19.3 Å². The lowest BCUT2D eigenvalue weighted by Gasteiger charge is -2.12. The van der Waals surface area contributed by atoms with Gasteiger partial charge in [-0.2, -0.15) is 0 Å². The number of carbonyl (C=O) groups excluding carboxylic acids is 1. The van der Waals surface area contributed by atoms with Gasteiger partial charge in [-0.25, -0.2) is 4.39 Å². The Morgan fingerprint density at radius 1 is 1.53 bits per heavy atom. The second-order valence-electron chi connectivity index (χ2n) is 4.06. The van der Waals surface area contributed by atoms with Crippen LogP contribution in [0.3, 0.4) is 0 Å². The molecule has 2 rings (SSSR count). The Bertz CT molecular complexity index is 390. The van der Waals surface area contributed by atoms with Crippen molar-refractivity contribution in [3.05, 3.63) is 34.6 Å². The summed E-state index contributed by atoms with van der Waals surface area (Å²) >= 11 is 5.85. The van der Waals surface area contributed by atoms with Crippen LogP contribution < -0.4 is 0 Å². The number of carbonyl (C=O) groups is 1. The number of halogens is 2. The molecule has 0 aliphatic heterocycles. The first kappa shape index (κ1) is 10.6. The molecule has 1 fully saturated rings. The topological polar surface area (TPSA) is 17.1 Å². The molecule has 0 unspecified atom stereocenters. The van der Waals surface area contributed by atoms with Crippen LogP contribution in [-0.2, 0) is 0 Å². The molecule has 1 aromatic rings. The first-order chi connectivity index (χ1) is 7.10. The van der Waals surface area contributed by atoms with E-state index in [1.807, 2.05) is 6.92 Å². The average molecular weight is 227 g/mol. The molecule has 0 aromatic heterocycles. The highest BCUT2D eigenvalue weighted by molar-refractivity contribution is 6.34. The fourth-order valence-corrected chi connectivity index (χ4v) is 2.12.